The highest BCUT2D eigenvalue weighted by molar-refractivity contribution is 6.21. The topological polar surface area (TPSA) is 75.4 Å². The number of anilines is 2. The van der Waals surface area contributed by atoms with Gasteiger partial charge in [-0.25, -0.2) is 9.69 Å². The molecule has 1 aliphatic rings. The third-order valence-corrected chi connectivity index (χ3v) is 2.72. The highest BCUT2D eigenvalue weighted by atomic mass is 16.2. The lowest BCUT2D eigenvalue weighted by Gasteiger charge is -2.16. The van der Waals surface area contributed by atoms with Crippen molar-refractivity contribution in [3.63, 3.8) is 0 Å². The number of nitrogens with one attached hydrogen (secondary N) is 1. The SMILES string of the molecule is Cc1c(N)cccc1N1C(=O)N[C@@H](C)C1=O. The minimum absolute atomic E-state index is 0.251. The predicted molar refractivity (Wildman–Crippen MR) is 61.1 cm³/mol. The first-order valence-corrected chi connectivity index (χ1v) is 5.02. The molecule has 3 amide bonds. The Morgan fingerprint density at radius 2 is 2.06 bits per heavy atom. The molecule has 0 saturated carbocycles. The van der Waals surface area contributed by atoms with Crippen LogP contribution in [0.2, 0.25) is 0 Å². The highest BCUT2D eigenvalue weighted by Crippen LogP contribution is 2.27. The number of nitrogens with two attached hydrogens (primary N) is 1. The van der Waals surface area contributed by atoms with Gasteiger partial charge in [-0.05, 0) is 31.5 Å². The summed E-state index contributed by atoms with van der Waals surface area (Å²) in [5.74, 6) is -0.251. The van der Waals surface area contributed by atoms with Crippen LogP contribution in [0.3, 0.4) is 0 Å². The first kappa shape index (κ1) is 10.5. The molecule has 0 aliphatic carbocycles. The van der Waals surface area contributed by atoms with Crippen LogP contribution in [0, 0.1) is 6.92 Å². The summed E-state index contributed by atoms with van der Waals surface area (Å²) >= 11 is 0. The third kappa shape index (κ3) is 1.41. The summed E-state index contributed by atoms with van der Waals surface area (Å²) in [7, 11) is 0. The van der Waals surface area contributed by atoms with Gasteiger partial charge in [0.25, 0.3) is 5.91 Å². The van der Waals surface area contributed by atoms with Crippen LogP contribution in [0.5, 0.6) is 0 Å². The Morgan fingerprint density at radius 1 is 1.38 bits per heavy atom. The molecule has 1 fully saturated rings. The molecule has 0 aromatic heterocycles. The Bertz CT molecular complexity index is 470. The summed E-state index contributed by atoms with van der Waals surface area (Å²) in [6, 6.07) is 4.29. The predicted octanol–water partition coefficient (Wildman–Crippen LogP) is 1.02. The first-order valence-electron chi connectivity index (χ1n) is 5.02. The van der Waals surface area contributed by atoms with Gasteiger partial charge in [-0.15, -0.1) is 0 Å². The zero-order chi connectivity index (χ0) is 11.9. The summed E-state index contributed by atoms with van der Waals surface area (Å²) < 4.78 is 0. The summed E-state index contributed by atoms with van der Waals surface area (Å²) in [5, 5.41) is 2.56. The monoisotopic (exact) mass is 219 g/mol. The average Bonchev–Trinajstić information content (AvgIpc) is 2.47. The third-order valence-electron chi connectivity index (χ3n) is 2.72. The van der Waals surface area contributed by atoms with Crippen LogP contribution in [0.4, 0.5) is 16.2 Å². The van der Waals surface area contributed by atoms with Gasteiger partial charge in [-0.1, -0.05) is 6.07 Å². The quantitative estimate of drug-likeness (QED) is 0.547. The lowest BCUT2D eigenvalue weighted by Crippen LogP contribution is -2.31. The van der Waals surface area contributed by atoms with Crippen LogP contribution < -0.4 is 16.0 Å². The molecule has 0 spiro atoms. The van der Waals surface area contributed by atoms with Crippen molar-refractivity contribution in [3.8, 4) is 0 Å². The summed E-state index contributed by atoms with van der Waals surface area (Å²) in [6.07, 6.45) is 0. The molecular weight excluding hydrogens is 206 g/mol. The van der Waals surface area contributed by atoms with Crippen LogP contribution >= 0.6 is 0 Å². The molecule has 1 aliphatic heterocycles. The smallest absolute Gasteiger partial charge is 0.329 e. The van der Waals surface area contributed by atoms with E-state index in [1.807, 2.05) is 0 Å². The number of carbonyl (C=O) groups is 2. The number of hydrogen-bond acceptors (Lipinski definition) is 3. The number of urea groups is 1. The van der Waals surface area contributed by atoms with E-state index in [1.165, 1.54) is 0 Å². The van der Waals surface area contributed by atoms with E-state index in [-0.39, 0.29) is 5.91 Å². The van der Waals surface area contributed by atoms with Crippen LogP contribution in [0.15, 0.2) is 18.2 Å². The second-order valence-electron chi connectivity index (χ2n) is 3.84. The van der Waals surface area contributed by atoms with Gasteiger partial charge in [-0.2, -0.15) is 0 Å². The number of imide groups is 1. The summed E-state index contributed by atoms with van der Waals surface area (Å²) in [5.41, 5.74) is 7.60. The summed E-state index contributed by atoms with van der Waals surface area (Å²) in [4.78, 5) is 24.5. The van der Waals surface area contributed by atoms with Crippen LogP contribution in [-0.4, -0.2) is 18.0 Å². The summed E-state index contributed by atoms with van der Waals surface area (Å²) in [6.45, 7) is 3.44. The van der Waals surface area contributed by atoms with E-state index in [4.69, 9.17) is 5.73 Å². The largest absolute Gasteiger partial charge is 0.398 e. The zero-order valence-electron chi connectivity index (χ0n) is 9.15. The molecule has 0 unspecified atom stereocenters. The van der Waals surface area contributed by atoms with Crippen molar-refractivity contribution in [1.82, 2.24) is 5.32 Å². The van der Waals surface area contributed by atoms with E-state index in [2.05, 4.69) is 5.32 Å². The fourth-order valence-corrected chi connectivity index (χ4v) is 1.72. The van der Waals surface area contributed by atoms with E-state index < -0.39 is 12.1 Å². The van der Waals surface area contributed by atoms with Crippen molar-refractivity contribution in [2.24, 2.45) is 0 Å². The molecule has 5 nitrogen and oxygen atoms in total. The minimum Gasteiger partial charge on any atom is -0.398 e. The van der Waals surface area contributed by atoms with Crippen molar-refractivity contribution < 1.29 is 9.59 Å². The fraction of sp³-hybridized carbons (Fsp3) is 0.273. The van der Waals surface area contributed by atoms with Gasteiger partial charge < -0.3 is 11.1 Å². The van der Waals surface area contributed by atoms with Crippen molar-refractivity contribution in [3.05, 3.63) is 23.8 Å². The number of carbonyl (C=O) groups excluding carboxylic acids is 2. The van der Waals surface area contributed by atoms with E-state index >= 15 is 0 Å². The lowest BCUT2D eigenvalue weighted by atomic mass is 10.1. The Kier molecular flexibility index (Phi) is 2.30. The van der Waals surface area contributed by atoms with Gasteiger partial charge in [0.15, 0.2) is 0 Å². The van der Waals surface area contributed by atoms with E-state index in [1.54, 1.807) is 32.0 Å². The second kappa shape index (κ2) is 3.52. The first-order chi connectivity index (χ1) is 7.52. The Balaban J connectivity index is 2.49. The maximum atomic E-state index is 11.8. The van der Waals surface area contributed by atoms with Crippen LogP contribution in [0.25, 0.3) is 0 Å². The van der Waals surface area contributed by atoms with Crippen LogP contribution in [-0.2, 0) is 4.79 Å². The number of rotatable bonds is 1. The molecule has 84 valence electrons. The molecule has 16 heavy (non-hydrogen) atoms. The molecule has 1 aromatic rings. The van der Waals surface area contributed by atoms with Crippen molar-refractivity contribution >= 4 is 23.3 Å². The zero-order valence-corrected chi connectivity index (χ0v) is 9.15. The number of hydrogen-bond donors (Lipinski definition) is 2. The molecule has 3 N–H and O–H groups in total. The number of nitrogens with zero attached hydrogens (tertiary/aromatic N) is 1. The molecule has 1 saturated heterocycles. The van der Waals surface area contributed by atoms with Crippen molar-refractivity contribution in [1.29, 1.82) is 0 Å². The van der Waals surface area contributed by atoms with Gasteiger partial charge in [0.2, 0.25) is 0 Å². The molecule has 2 rings (SSSR count). The lowest BCUT2D eigenvalue weighted by molar-refractivity contribution is -0.117. The van der Waals surface area contributed by atoms with Gasteiger partial charge >= 0.3 is 6.03 Å². The molecule has 0 radical (unpaired) electrons. The van der Waals surface area contributed by atoms with Crippen LogP contribution in [0.1, 0.15) is 12.5 Å². The van der Waals surface area contributed by atoms with E-state index in [9.17, 15) is 9.59 Å². The maximum absolute atomic E-state index is 11.8. The fourth-order valence-electron chi connectivity index (χ4n) is 1.72. The Hall–Kier alpha value is -2.04. The molecule has 1 heterocycles. The normalized spacial score (nSPS) is 20.1. The highest BCUT2D eigenvalue weighted by Gasteiger charge is 2.36. The Labute approximate surface area is 93.2 Å². The van der Waals surface area contributed by atoms with E-state index in [0.29, 0.717) is 11.4 Å². The van der Waals surface area contributed by atoms with Crippen molar-refractivity contribution in [2.75, 3.05) is 10.6 Å². The van der Waals surface area contributed by atoms with Gasteiger partial charge in [0.1, 0.15) is 6.04 Å². The van der Waals surface area contributed by atoms with Gasteiger partial charge in [0.05, 0.1) is 5.69 Å². The molecule has 5 heteroatoms. The number of benzene rings is 1. The Morgan fingerprint density at radius 3 is 2.62 bits per heavy atom. The molecule has 1 atom stereocenters. The maximum Gasteiger partial charge on any atom is 0.329 e. The van der Waals surface area contributed by atoms with E-state index in [0.717, 1.165) is 10.5 Å². The minimum atomic E-state index is -0.478. The second-order valence-corrected chi connectivity index (χ2v) is 3.84. The standard InChI is InChI=1S/C11H13N3O2/c1-6-8(12)4-3-5-9(6)14-10(15)7(2)13-11(14)16/h3-5,7H,12H2,1-2H3,(H,13,16)/t7-/m0/s1. The average molecular weight is 219 g/mol. The molecular formula is C11H13N3O2. The number of amides is 3. The van der Waals surface area contributed by atoms with Gasteiger partial charge in [0, 0.05) is 5.69 Å². The molecule has 1 aromatic carbocycles. The molecule has 0 bridgehead atoms. The van der Waals surface area contributed by atoms with Crippen molar-refractivity contribution in [2.45, 2.75) is 19.9 Å². The number of nitrogen functional groups attached to an aromatic ring is 1. The van der Waals surface area contributed by atoms with Gasteiger partial charge in [-0.3, -0.25) is 4.79 Å².